The van der Waals surface area contributed by atoms with E-state index in [0.29, 0.717) is 17.7 Å². The topological polar surface area (TPSA) is 78.4 Å². The molecule has 3 aromatic rings. The van der Waals surface area contributed by atoms with Gasteiger partial charge < -0.3 is 5.32 Å². The van der Waals surface area contributed by atoms with E-state index in [1.54, 1.807) is 48.2 Å². The van der Waals surface area contributed by atoms with Gasteiger partial charge in [0.05, 0.1) is 0 Å². The molecule has 0 heterocycles. The first-order valence-electron chi connectivity index (χ1n) is 10.1. The van der Waals surface area contributed by atoms with Crippen molar-refractivity contribution in [2.75, 3.05) is 6.26 Å². The normalized spacial score (nSPS) is 11.4. The molecule has 0 radical (unpaired) electrons. The lowest BCUT2D eigenvalue weighted by Gasteiger charge is -2.11. The molecule has 168 valence electrons. The van der Waals surface area contributed by atoms with Gasteiger partial charge in [0.15, 0.2) is 0 Å². The van der Waals surface area contributed by atoms with Gasteiger partial charge in [0.25, 0.3) is 11.8 Å². The summed E-state index contributed by atoms with van der Waals surface area (Å²) in [5.41, 5.74) is 5.09. The standard InChI is InChI=1S/C26H23FN2O3S/c1-33-23-13-6-19(7-14-23)16-24(21-9-11-22(27)12-10-21)26(31)28-17-20-4-2-18(3-5-20)8-15-25(30)29-32/h2-16,32H,17H2,1H3,(H,28,31)(H,29,30)/b15-8+,24-16-. The second-order valence-corrected chi connectivity index (χ2v) is 7.95. The molecule has 0 spiro atoms. The summed E-state index contributed by atoms with van der Waals surface area (Å²) in [6, 6.07) is 20.9. The van der Waals surface area contributed by atoms with Crippen LogP contribution in [0, 0.1) is 5.82 Å². The fraction of sp³-hybridized carbons (Fsp3) is 0.0769. The molecule has 0 aliphatic heterocycles. The molecule has 0 unspecified atom stereocenters. The third kappa shape index (κ3) is 7.17. The first-order chi connectivity index (χ1) is 16.0. The Morgan fingerprint density at radius 1 is 0.939 bits per heavy atom. The average Bonchev–Trinajstić information content (AvgIpc) is 2.86. The van der Waals surface area contributed by atoms with Crippen LogP contribution in [0.25, 0.3) is 17.7 Å². The lowest BCUT2D eigenvalue weighted by molar-refractivity contribution is -0.124. The number of hydroxylamine groups is 1. The van der Waals surface area contributed by atoms with Gasteiger partial charge in [-0.05, 0) is 64.9 Å². The van der Waals surface area contributed by atoms with Crippen LogP contribution in [0.5, 0.6) is 0 Å². The Bertz CT molecular complexity index is 1160. The summed E-state index contributed by atoms with van der Waals surface area (Å²) in [5.74, 6) is -1.26. The highest BCUT2D eigenvalue weighted by molar-refractivity contribution is 7.98. The van der Waals surface area contributed by atoms with Crippen LogP contribution in [-0.2, 0) is 16.1 Å². The molecule has 3 rings (SSSR count). The van der Waals surface area contributed by atoms with Crippen molar-refractivity contribution in [1.82, 2.24) is 10.8 Å². The summed E-state index contributed by atoms with van der Waals surface area (Å²) in [5, 5.41) is 11.4. The predicted molar refractivity (Wildman–Crippen MR) is 130 cm³/mol. The van der Waals surface area contributed by atoms with E-state index in [1.807, 2.05) is 42.7 Å². The second-order valence-electron chi connectivity index (χ2n) is 7.07. The summed E-state index contributed by atoms with van der Waals surface area (Å²) in [6.45, 7) is 0.296. The number of hydrogen-bond acceptors (Lipinski definition) is 4. The number of hydrogen-bond donors (Lipinski definition) is 3. The Hall–Kier alpha value is -3.68. The van der Waals surface area contributed by atoms with Gasteiger partial charge in [0, 0.05) is 23.1 Å². The third-order valence-electron chi connectivity index (χ3n) is 4.80. The minimum absolute atomic E-state index is 0.279. The first kappa shape index (κ1) is 24.0. The Labute approximate surface area is 196 Å². The van der Waals surface area contributed by atoms with Crippen LogP contribution in [0.15, 0.2) is 83.8 Å². The first-order valence-corrected chi connectivity index (χ1v) is 11.3. The van der Waals surface area contributed by atoms with Gasteiger partial charge in [-0.1, -0.05) is 48.5 Å². The molecule has 33 heavy (non-hydrogen) atoms. The molecule has 0 aliphatic rings. The molecular weight excluding hydrogens is 439 g/mol. The number of amides is 2. The summed E-state index contributed by atoms with van der Waals surface area (Å²) in [4.78, 5) is 25.2. The fourth-order valence-corrected chi connectivity index (χ4v) is 3.42. The number of carbonyl (C=O) groups excluding carboxylic acids is 2. The number of carbonyl (C=O) groups is 2. The lowest BCUT2D eigenvalue weighted by atomic mass is 10.0. The van der Waals surface area contributed by atoms with Crippen molar-refractivity contribution < 1.29 is 19.2 Å². The minimum Gasteiger partial charge on any atom is -0.348 e. The zero-order valence-corrected chi connectivity index (χ0v) is 18.7. The van der Waals surface area contributed by atoms with Crippen molar-refractivity contribution >= 4 is 41.3 Å². The third-order valence-corrected chi connectivity index (χ3v) is 5.54. The van der Waals surface area contributed by atoms with Crippen molar-refractivity contribution in [3.05, 3.63) is 107 Å². The zero-order chi connectivity index (χ0) is 23.6. The van der Waals surface area contributed by atoms with E-state index in [1.165, 1.54) is 23.7 Å². The highest BCUT2D eigenvalue weighted by Crippen LogP contribution is 2.22. The highest BCUT2D eigenvalue weighted by atomic mass is 32.2. The van der Waals surface area contributed by atoms with Crippen molar-refractivity contribution in [2.24, 2.45) is 0 Å². The van der Waals surface area contributed by atoms with Gasteiger partial charge in [-0.15, -0.1) is 11.8 Å². The lowest BCUT2D eigenvalue weighted by Crippen LogP contribution is -2.23. The summed E-state index contributed by atoms with van der Waals surface area (Å²) < 4.78 is 13.4. The van der Waals surface area contributed by atoms with Gasteiger partial charge in [0.2, 0.25) is 0 Å². The zero-order valence-electron chi connectivity index (χ0n) is 17.9. The van der Waals surface area contributed by atoms with Crippen LogP contribution >= 0.6 is 11.8 Å². The van der Waals surface area contributed by atoms with Gasteiger partial charge in [-0.25, -0.2) is 9.87 Å². The number of thioether (sulfide) groups is 1. The van der Waals surface area contributed by atoms with E-state index in [0.717, 1.165) is 21.6 Å². The van der Waals surface area contributed by atoms with Crippen molar-refractivity contribution in [3.8, 4) is 0 Å². The fourth-order valence-electron chi connectivity index (χ4n) is 3.01. The monoisotopic (exact) mass is 462 g/mol. The number of halogens is 1. The molecular formula is C26H23FN2O3S. The molecule has 0 aliphatic carbocycles. The maximum absolute atomic E-state index is 13.4. The molecule has 5 nitrogen and oxygen atoms in total. The van der Waals surface area contributed by atoms with Gasteiger partial charge in [-0.3, -0.25) is 14.8 Å². The van der Waals surface area contributed by atoms with Crippen LogP contribution in [0.4, 0.5) is 4.39 Å². The number of nitrogens with one attached hydrogen (secondary N) is 2. The van der Waals surface area contributed by atoms with E-state index >= 15 is 0 Å². The SMILES string of the molecule is CSc1ccc(/C=C(\C(=O)NCc2ccc(/C=C/C(=O)NO)cc2)c2ccc(F)cc2)cc1. The van der Waals surface area contributed by atoms with E-state index in [9.17, 15) is 14.0 Å². The minimum atomic E-state index is -0.616. The Balaban J connectivity index is 1.76. The average molecular weight is 463 g/mol. The summed E-state index contributed by atoms with van der Waals surface area (Å²) in [6.07, 6.45) is 6.55. The van der Waals surface area contributed by atoms with Crippen molar-refractivity contribution in [1.29, 1.82) is 0 Å². The molecule has 0 saturated carbocycles. The summed E-state index contributed by atoms with van der Waals surface area (Å²) in [7, 11) is 0. The van der Waals surface area contributed by atoms with Crippen LogP contribution in [-0.4, -0.2) is 23.3 Å². The predicted octanol–water partition coefficient (Wildman–Crippen LogP) is 4.92. The smallest absolute Gasteiger partial charge is 0.267 e. The Morgan fingerprint density at radius 3 is 2.18 bits per heavy atom. The van der Waals surface area contributed by atoms with Crippen LogP contribution < -0.4 is 10.8 Å². The molecule has 0 fully saturated rings. The molecule has 0 atom stereocenters. The van der Waals surface area contributed by atoms with E-state index in [-0.39, 0.29) is 11.7 Å². The largest absolute Gasteiger partial charge is 0.348 e. The summed E-state index contributed by atoms with van der Waals surface area (Å²) >= 11 is 1.64. The maximum Gasteiger partial charge on any atom is 0.267 e. The quantitative estimate of drug-likeness (QED) is 0.146. The number of benzene rings is 3. The van der Waals surface area contributed by atoms with E-state index in [2.05, 4.69) is 5.32 Å². The maximum atomic E-state index is 13.4. The van der Waals surface area contributed by atoms with Gasteiger partial charge >= 0.3 is 0 Å². The highest BCUT2D eigenvalue weighted by Gasteiger charge is 2.12. The van der Waals surface area contributed by atoms with Gasteiger partial charge in [0.1, 0.15) is 5.82 Å². The van der Waals surface area contributed by atoms with Gasteiger partial charge in [-0.2, -0.15) is 0 Å². The molecule has 7 heteroatoms. The molecule has 0 saturated heterocycles. The molecule has 2 amide bonds. The molecule has 0 aromatic heterocycles. The van der Waals surface area contributed by atoms with Crippen molar-refractivity contribution in [2.45, 2.75) is 11.4 Å². The molecule has 3 N–H and O–H groups in total. The van der Waals surface area contributed by atoms with Crippen LogP contribution in [0.2, 0.25) is 0 Å². The molecule has 3 aromatic carbocycles. The van der Waals surface area contributed by atoms with E-state index < -0.39 is 5.91 Å². The second kappa shape index (κ2) is 11.8. The van der Waals surface area contributed by atoms with Crippen LogP contribution in [0.1, 0.15) is 22.3 Å². The molecule has 0 bridgehead atoms. The number of rotatable bonds is 8. The van der Waals surface area contributed by atoms with Crippen LogP contribution in [0.3, 0.4) is 0 Å². The Morgan fingerprint density at radius 2 is 1.58 bits per heavy atom. The Kier molecular flexibility index (Phi) is 8.57. The van der Waals surface area contributed by atoms with E-state index in [4.69, 9.17) is 5.21 Å². The van der Waals surface area contributed by atoms with Crippen molar-refractivity contribution in [3.63, 3.8) is 0 Å².